The van der Waals surface area contributed by atoms with Gasteiger partial charge in [-0.05, 0) is 18.2 Å². The van der Waals surface area contributed by atoms with E-state index in [-0.39, 0.29) is 218 Å². The summed E-state index contributed by atoms with van der Waals surface area (Å²) in [5.74, 6) is -1.68. The van der Waals surface area contributed by atoms with E-state index in [4.69, 9.17) is 4.55 Å². The van der Waals surface area contributed by atoms with Crippen LogP contribution in [0.15, 0.2) is 23.1 Å². The van der Waals surface area contributed by atoms with Gasteiger partial charge in [-0.2, -0.15) is 8.42 Å². The van der Waals surface area contributed by atoms with E-state index in [1.165, 1.54) is 0 Å². The molecule has 0 amide bonds. The zero-order valence-electron chi connectivity index (χ0n) is 20.4. The molecule has 1 N–H and O–H groups in total. The number of carbonyl (C=O) groups is 2. The zero-order valence-corrected chi connectivity index (χ0v) is 30.9. The van der Waals surface area contributed by atoms with E-state index in [0.717, 1.165) is 32.4 Å². The van der Waals surface area contributed by atoms with Crippen LogP contribution in [-0.4, -0.2) is 235 Å². The monoisotopic (exact) mass is 834 g/mol. The van der Waals surface area contributed by atoms with Crippen molar-refractivity contribution in [1.29, 1.82) is 0 Å². The first-order chi connectivity index (χ1) is 8.29. The van der Waals surface area contributed by atoms with Crippen LogP contribution in [0.1, 0.15) is 32.1 Å². The first-order valence-corrected chi connectivity index (χ1v) is 6.03. The smallest absolute Gasteiger partial charge is 1.00 e. The largest absolute Gasteiger partial charge is 2.00 e. The van der Waals surface area contributed by atoms with Gasteiger partial charge in [0.05, 0.1) is 30.2 Å². The standard InChI is InChI=1S/C10H10O7S.4Ba.8H/c1-16-9(11)6-3-7(10(12)17-2)5-8(4-6)18(13,14)15;;;;;;;;;;;;/h3-5H,1-2H3,(H,13,14,15);;;;;;;;;;;;/q;4*+2;8*-1. The minimum Gasteiger partial charge on any atom is -1.00 e. The van der Waals surface area contributed by atoms with Crippen LogP contribution in [-0.2, 0) is 19.6 Å². The summed E-state index contributed by atoms with van der Waals surface area (Å²) in [6, 6.07) is 2.90. The Hall–Kier alpha value is 4.36. The van der Waals surface area contributed by atoms with Crippen LogP contribution < -0.4 is 0 Å². The molecule has 0 bridgehead atoms. The first kappa shape index (κ1) is 33.9. The van der Waals surface area contributed by atoms with Gasteiger partial charge in [0.2, 0.25) is 0 Å². The SMILES string of the molecule is COC(=O)c1cc(C(=O)OC)cc(S(=O)(=O)O)c1.[Ba+2].[Ba+2].[Ba+2].[Ba+2].[H-].[H-].[H-].[H-].[H-].[H-].[H-].[H-]. The Bertz CT molecular complexity index is 594. The molecule has 0 atom stereocenters. The van der Waals surface area contributed by atoms with Crippen molar-refractivity contribution in [1.82, 2.24) is 0 Å². The van der Waals surface area contributed by atoms with Crippen molar-refractivity contribution < 1.29 is 43.4 Å². The number of esters is 2. The van der Waals surface area contributed by atoms with Gasteiger partial charge < -0.3 is 20.9 Å². The second-order valence-corrected chi connectivity index (χ2v) is 4.63. The molecule has 0 radical (unpaired) electrons. The van der Waals surface area contributed by atoms with Crippen LogP contribution in [0.3, 0.4) is 0 Å². The van der Waals surface area contributed by atoms with Crippen LogP contribution in [0, 0.1) is 0 Å². The molecule has 22 heavy (non-hydrogen) atoms. The predicted molar refractivity (Wildman–Crippen MR) is 90.8 cm³/mol. The Labute approximate surface area is 301 Å². The Morgan fingerprint density at radius 1 is 0.909 bits per heavy atom. The number of ether oxygens (including phenoxy) is 2. The molecule has 0 fully saturated rings. The molecule has 0 saturated heterocycles. The minimum absolute atomic E-state index is 0. The maximum atomic E-state index is 11.3. The predicted octanol–water partition coefficient (Wildman–Crippen LogP) is -0.117. The normalized spacial score (nSPS) is 8.86. The maximum absolute atomic E-state index is 11.3. The molecule has 0 heterocycles. The maximum Gasteiger partial charge on any atom is 2.00 e. The van der Waals surface area contributed by atoms with Gasteiger partial charge in [0, 0.05) is 0 Å². The molecular weight excluding hydrogens is 813 g/mol. The molecule has 7 nitrogen and oxygen atoms in total. The fourth-order valence-electron chi connectivity index (χ4n) is 1.22. The van der Waals surface area contributed by atoms with E-state index >= 15 is 0 Å². The molecular formula is C10H18Ba4O7S. The topological polar surface area (TPSA) is 107 Å². The molecule has 0 aromatic heterocycles. The van der Waals surface area contributed by atoms with Gasteiger partial charge in [-0.3, -0.25) is 4.55 Å². The third kappa shape index (κ3) is 11.3. The molecule has 1 aromatic carbocycles. The van der Waals surface area contributed by atoms with Crippen LogP contribution >= 0.6 is 0 Å². The van der Waals surface area contributed by atoms with Crippen LogP contribution in [0.4, 0.5) is 0 Å². The number of carbonyl (C=O) groups excluding carboxylic acids is 2. The van der Waals surface area contributed by atoms with E-state index in [2.05, 4.69) is 9.47 Å². The van der Waals surface area contributed by atoms with E-state index in [1.807, 2.05) is 0 Å². The average molecular weight is 832 g/mol. The van der Waals surface area contributed by atoms with E-state index in [0.29, 0.717) is 0 Å². The summed E-state index contributed by atoms with van der Waals surface area (Å²) in [5.41, 5.74) is -0.374. The summed E-state index contributed by atoms with van der Waals surface area (Å²) in [7, 11) is -2.35. The van der Waals surface area contributed by atoms with Crippen molar-refractivity contribution in [2.75, 3.05) is 14.2 Å². The first-order valence-electron chi connectivity index (χ1n) is 4.59. The van der Waals surface area contributed by atoms with Crippen molar-refractivity contribution in [3.8, 4) is 0 Å². The molecule has 1 aromatic rings. The van der Waals surface area contributed by atoms with Gasteiger partial charge in [-0.15, -0.1) is 0 Å². The summed E-state index contributed by atoms with van der Waals surface area (Å²) in [5, 5.41) is 0. The number of benzene rings is 1. The molecule has 0 saturated carbocycles. The van der Waals surface area contributed by atoms with Gasteiger partial charge >= 0.3 is 207 Å². The molecule has 114 valence electrons. The van der Waals surface area contributed by atoms with Gasteiger partial charge in [0.1, 0.15) is 0 Å². The second-order valence-electron chi connectivity index (χ2n) is 3.20. The average Bonchev–Trinajstić information content (AvgIpc) is 2.35. The third-order valence-electron chi connectivity index (χ3n) is 2.05. The molecule has 0 spiro atoms. The molecule has 0 aliphatic carbocycles. The van der Waals surface area contributed by atoms with E-state index in [1.54, 1.807) is 0 Å². The number of rotatable bonds is 3. The van der Waals surface area contributed by atoms with Crippen LogP contribution in [0.25, 0.3) is 0 Å². The summed E-state index contributed by atoms with van der Waals surface area (Å²) < 4.78 is 39.7. The van der Waals surface area contributed by atoms with Crippen LogP contribution in [0.5, 0.6) is 0 Å². The zero-order chi connectivity index (χ0) is 13.9. The van der Waals surface area contributed by atoms with Gasteiger partial charge in [-0.25, -0.2) is 9.59 Å². The van der Waals surface area contributed by atoms with E-state index in [9.17, 15) is 18.0 Å². The van der Waals surface area contributed by atoms with Crippen molar-refractivity contribution >= 4 is 218 Å². The Morgan fingerprint density at radius 2 is 1.23 bits per heavy atom. The van der Waals surface area contributed by atoms with Gasteiger partial charge in [0.15, 0.2) is 0 Å². The van der Waals surface area contributed by atoms with E-state index < -0.39 is 27.0 Å². The fourth-order valence-corrected chi connectivity index (χ4v) is 1.77. The van der Waals surface area contributed by atoms with Crippen LogP contribution in [0.2, 0.25) is 0 Å². The number of methoxy groups -OCH3 is 2. The minimum atomic E-state index is -4.55. The quantitative estimate of drug-likeness (QED) is 0.258. The summed E-state index contributed by atoms with van der Waals surface area (Å²) in [6.45, 7) is 0. The summed E-state index contributed by atoms with van der Waals surface area (Å²) in [6.07, 6.45) is 0. The third-order valence-corrected chi connectivity index (χ3v) is 2.88. The molecule has 1 rings (SSSR count). The summed E-state index contributed by atoms with van der Waals surface area (Å²) >= 11 is 0. The van der Waals surface area contributed by atoms with Gasteiger partial charge in [0.25, 0.3) is 10.1 Å². The van der Waals surface area contributed by atoms with Gasteiger partial charge in [-0.1, -0.05) is 0 Å². The summed E-state index contributed by atoms with van der Waals surface area (Å²) in [4.78, 5) is 22.0. The molecule has 12 heteroatoms. The van der Waals surface area contributed by atoms with Crippen molar-refractivity contribution in [3.05, 3.63) is 29.3 Å². The Balaban J connectivity index is -0.0000000270. The van der Waals surface area contributed by atoms with Crippen molar-refractivity contribution in [3.63, 3.8) is 0 Å². The second kappa shape index (κ2) is 16.3. The Morgan fingerprint density at radius 3 is 1.45 bits per heavy atom. The Kier molecular flexibility index (Phi) is 25.2. The number of hydrogen-bond acceptors (Lipinski definition) is 6. The molecule has 0 aliphatic heterocycles. The molecule has 0 unspecified atom stereocenters. The molecule has 0 aliphatic rings. The van der Waals surface area contributed by atoms with Crippen molar-refractivity contribution in [2.45, 2.75) is 4.90 Å². The fraction of sp³-hybridized carbons (Fsp3) is 0.200. The van der Waals surface area contributed by atoms with Crippen molar-refractivity contribution in [2.24, 2.45) is 0 Å². The number of hydrogen-bond donors (Lipinski definition) is 1.